The van der Waals surface area contributed by atoms with E-state index in [9.17, 15) is 9.59 Å². The number of ether oxygens (including phenoxy) is 1. The van der Waals surface area contributed by atoms with Gasteiger partial charge in [-0.25, -0.2) is 4.79 Å². The highest BCUT2D eigenvalue weighted by Gasteiger charge is 2.15. The molecule has 126 valence electrons. The molecule has 0 saturated heterocycles. The molecule has 0 aromatic heterocycles. The molecule has 0 radical (unpaired) electrons. The number of nitrogens with one attached hydrogen (secondary N) is 1. The zero-order chi connectivity index (χ0) is 17.7. The topological polar surface area (TPSA) is 55.4 Å². The van der Waals surface area contributed by atoms with Crippen molar-refractivity contribution in [3.05, 3.63) is 69.7 Å². The normalized spacial score (nSPS) is 11.7. The molecule has 1 unspecified atom stereocenters. The van der Waals surface area contributed by atoms with E-state index in [-0.39, 0.29) is 24.1 Å². The lowest BCUT2D eigenvalue weighted by Gasteiger charge is -2.16. The summed E-state index contributed by atoms with van der Waals surface area (Å²) in [4.78, 5) is 23.9. The van der Waals surface area contributed by atoms with Crippen molar-refractivity contribution in [2.24, 2.45) is 0 Å². The molecule has 1 N–H and O–H groups in total. The van der Waals surface area contributed by atoms with Gasteiger partial charge in [-0.3, -0.25) is 4.79 Å². The average Bonchev–Trinajstić information content (AvgIpc) is 2.55. The Kier molecular flexibility index (Phi) is 5.99. The van der Waals surface area contributed by atoms with Gasteiger partial charge in [0.25, 0.3) is 5.91 Å². The molecule has 0 aliphatic carbocycles. The van der Waals surface area contributed by atoms with Crippen molar-refractivity contribution in [1.82, 2.24) is 5.32 Å². The molecular formula is C19H20ClNO3. The minimum absolute atomic E-state index is 0.171. The first-order valence-corrected chi connectivity index (χ1v) is 8.04. The first-order chi connectivity index (χ1) is 11.4. The van der Waals surface area contributed by atoms with Crippen molar-refractivity contribution in [1.29, 1.82) is 0 Å². The molecule has 4 nitrogen and oxygen atoms in total. The van der Waals surface area contributed by atoms with Crippen LogP contribution in [-0.2, 0) is 9.53 Å². The molecule has 0 bridgehead atoms. The highest BCUT2D eigenvalue weighted by atomic mass is 35.5. The number of carbonyl (C=O) groups excluding carboxylic acids is 2. The third-order valence-corrected chi connectivity index (χ3v) is 4.17. The van der Waals surface area contributed by atoms with E-state index in [1.165, 1.54) is 11.1 Å². The number of hydrogen-bond acceptors (Lipinski definition) is 3. The molecule has 0 spiro atoms. The monoisotopic (exact) mass is 345 g/mol. The predicted octanol–water partition coefficient (Wildman–Crippen LogP) is 3.99. The predicted molar refractivity (Wildman–Crippen MR) is 94.2 cm³/mol. The number of benzene rings is 2. The molecule has 0 aliphatic rings. The summed E-state index contributed by atoms with van der Waals surface area (Å²) in [5, 5.41) is 3.11. The van der Waals surface area contributed by atoms with Crippen LogP contribution in [0.15, 0.2) is 42.5 Å². The van der Waals surface area contributed by atoms with Gasteiger partial charge in [0.1, 0.15) is 0 Å². The maximum absolute atomic E-state index is 12.0. The second-order valence-electron chi connectivity index (χ2n) is 5.69. The van der Waals surface area contributed by atoms with Crippen molar-refractivity contribution in [3.8, 4) is 0 Å². The van der Waals surface area contributed by atoms with Crippen LogP contribution < -0.4 is 5.32 Å². The van der Waals surface area contributed by atoms with Crippen molar-refractivity contribution < 1.29 is 14.3 Å². The van der Waals surface area contributed by atoms with E-state index in [1.807, 2.05) is 39.0 Å². The first-order valence-electron chi connectivity index (χ1n) is 7.66. The fraction of sp³-hybridized carbons (Fsp3) is 0.263. The summed E-state index contributed by atoms with van der Waals surface area (Å²) >= 11 is 5.92. The lowest BCUT2D eigenvalue weighted by atomic mass is 10.0. The smallest absolute Gasteiger partial charge is 0.340 e. The maximum Gasteiger partial charge on any atom is 0.340 e. The van der Waals surface area contributed by atoms with Gasteiger partial charge < -0.3 is 10.1 Å². The van der Waals surface area contributed by atoms with Gasteiger partial charge in [0.15, 0.2) is 6.61 Å². The molecule has 2 aromatic carbocycles. The van der Waals surface area contributed by atoms with Crippen molar-refractivity contribution in [2.75, 3.05) is 6.61 Å². The lowest BCUT2D eigenvalue weighted by Crippen LogP contribution is -2.31. The Morgan fingerprint density at radius 2 is 1.83 bits per heavy atom. The fourth-order valence-corrected chi connectivity index (χ4v) is 2.45. The molecule has 1 amide bonds. The van der Waals surface area contributed by atoms with Crippen LogP contribution in [0.4, 0.5) is 0 Å². The summed E-state index contributed by atoms with van der Waals surface area (Å²) in [6, 6.07) is 12.4. The zero-order valence-corrected chi connectivity index (χ0v) is 14.7. The number of aryl methyl sites for hydroxylation is 2. The van der Waals surface area contributed by atoms with Crippen LogP contribution in [0.2, 0.25) is 5.02 Å². The van der Waals surface area contributed by atoms with E-state index in [4.69, 9.17) is 16.3 Å². The van der Waals surface area contributed by atoms with Gasteiger partial charge in [0.05, 0.1) is 16.6 Å². The van der Waals surface area contributed by atoms with Gasteiger partial charge in [0.2, 0.25) is 0 Å². The Labute approximate surface area is 146 Å². The summed E-state index contributed by atoms with van der Waals surface area (Å²) in [6.45, 7) is 5.60. The van der Waals surface area contributed by atoms with E-state index < -0.39 is 5.97 Å². The second kappa shape index (κ2) is 7.97. The van der Waals surface area contributed by atoms with Crippen LogP contribution in [0.5, 0.6) is 0 Å². The van der Waals surface area contributed by atoms with Crippen LogP contribution in [0.1, 0.15) is 40.0 Å². The van der Waals surface area contributed by atoms with Crippen LogP contribution in [0.3, 0.4) is 0 Å². The van der Waals surface area contributed by atoms with E-state index >= 15 is 0 Å². The Hall–Kier alpha value is -2.33. The number of hydrogen-bond donors (Lipinski definition) is 1. The molecule has 0 saturated carbocycles. The van der Waals surface area contributed by atoms with Crippen LogP contribution in [0.25, 0.3) is 0 Å². The number of halogens is 1. The largest absolute Gasteiger partial charge is 0.452 e. The summed E-state index contributed by atoms with van der Waals surface area (Å²) in [5.41, 5.74) is 3.61. The Morgan fingerprint density at radius 1 is 1.12 bits per heavy atom. The third-order valence-electron chi connectivity index (χ3n) is 3.84. The molecule has 0 aliphatic heterocycles. The molecule has 24 heavy (non-hydrogen) atoms. The number of rotatable bonds is 5. The number of carbonyl (C=O) groups is 2. The number of esters is 1. The van der Waals surface area contributed by atoms with E-state index in [0.29, 0.717) is 5.02 Å². The summed E-state index contributed by atoms with van der Waals surface area (Å²) < 4.78 is 5.01. The summed E-state index contributed by atoms with van der Waals surface area (Å²) in [7, 11) is 0. The van der Waals surface area contributed by atoms with E-state index in [0.717, 1.165) is 5.56 Å². The minimum Gasteiger partial charge on any atom is -0.452 e. The number of amides is 1. The second-order valence-corrected chi connectivity index (χ2v) is 6.10. The Balaban J connectivity index is 1.90. The SMILES string of the molecule is Cc1ccc(C(C)NC(=O)COC(=O)c2ccccc2Cl)cc1C. The molecule has 2 rings (SSSR count). The van der Waals surface area contributed by atoms with E-state index in [2.05, 4.69) is 5.32 Å². The maximum atomic E-state index is 12.0. The highest BCUT2D eigenvalue weighted by molar-refractivity contribution is 6.33. The molecule has 1 atom stereocenters. The molecule has 2 aromatic rings. The molecule has 5 heteroatoms. The molecule has 0 heterocycles. The molecular weight excluding hydrogens is 326 g/mol. The van der Waals surface area contributed by atoms with Crippen molar-refractivity contribution >= 4 is 23.5 Å². The minimum atomic E-state index is -0.616. The quantitative estimate of drug-likeness (QED) is 0.833. The van der Waals surface area contributed by atoms with Gasteiger partial charge >= 0.3 is 5.97 Å². The lowest BCUT2D eigenvalue weighted by molar-refractivity contribution is -0.124. The zero-order valence-electron chi connectivity index (χ0n) is 13.9. The standard InChI is InChI=1S/C19H20ClNO3/c1-12-8-9-15(10-13(12)2)14(3)21-18(22)11-24-19(23)16-6-4-5-7-17(16)20/h4-10,14H,11H2,1-3H3,(H,21,22). The van der Waals surface area contributed by atoms with Gasteiger partial charge in [-0.15, -0.1) is 0 Å². The van der Waals surface area contributed by atoms with Crippen molar-refractivity contribution in [2.45, 2.75) is 26.8 Å². The van der Waals surface area contributed by atoms with Gasteiger partial charge in [-0.05, 0) is 49.6 Å². The Morgan fingerprint density at radius 3 is 2.50 bits per heavy atom. The van der Waals surface area contributed by atoms with Gasteiger partial charge in [-0.2, -0.15) is 0 Å². The molecule has 0 fully saturated rings. The summed E-state index contributed by atoms with van der Waals surface area (Å²) in [6.07, 6.45) is 0. The average molecular weight is 346 g/mol. The van der Waals surface area contributed by atoms with Gasteiger partial charge in [0, 0.05) is 0 Å². The van der Waals surface area contributed by atoms with Gasteiger partial charge in [-0.1, -0.05) is 41.9 Å². The Bertz CT molecular complexity index is 758. The highest BCUT2D eigenvalue weighted by Crippen LogP contribution is 2.17. The van der Waals surface area contributed by atoms with Crippen molar-refractivity contribution in [3.63, 3.8) is 0 Å². The third kappa shape index (κ3) is 4.59. The van der Waals surface area contributed by atoms with Crippen LogP contribution >= 0.6 is 11.6 Å². The first kappa shape index (κ1) is 18.0. The van der Waals surface area contributed by atoms with Crippen LogP contribution in [0, 0.1) is 13.8 Å². The fourth-order valence-electron chi connectivity index (χ4n) is 2.24. The summed E-state index contributed by atoms with van der Waals surface area (Å²) in [5.74, 6) is -0.976. The van der Waals surface area contributed by atoms with Crippen LogP contribution in [-0.4, -0.2) is 18.5 Å². The van der Waals surface area contributed by atoms with E-state index in [1.54, 1.807) is 24.3 Å².